The molecule has 0 bridgehead atoms. The highest BCUT2D eigenvalue weighted by Crippen LogP contribution is 2.17. The van der Waals surface area contributed by atoms with E-state index >= 15 is 0 Å². The number of primary amides is 1. The van der Waals surface area contributed by atoms with Crippen molar-refractivity contribution in [3.8, 4) is 0 Å². The van der Waals surface area contributed by atoms with Crippen molar-refractivity contribution in [3.63, 3.8) is 0 Å². The molecule has 4 heteroatoms. The van der Waals surface area contributed by atoms with Gasteiger partial charge in [0.05, 0.1) is 7.11 Å². The summed E-state index contributed by atoms with van der Waals surface area (Å²) in [4.78, 5) is 9.37. The van der Waals surface area contributed by atoms with E-state index in [1.165, 1.54) is 14.2 Å². The Morgan fingerprint density at radius 3 is 1.71 bits per heavy atom. The normalized spacial score (nSPS) is 8.43. The number of amides is 1. The lowest BCUT2D eigenvalue weighted by atomic mass is 9.93. The minimum atomic E-state index is -0.745. The Morgan fingerprint density at radius 1 is 1.43 bits per heavy atom. The highest BCUT2D eigenvalue weighted by Gasteiger charge is 2.04. The molecule has 0 aliphatic heterocycles. The van der Waals surface area contributed by atoms with Gasteiger partial charge in [-0.1, -0.05) is 26.8 Å². The van der Waals surface area contributed by atoms with Crippen LogP contribution < -0.4 is 11.5 Å². The van der Waals surface area contributed by atoms with E-state index in [4.69, 9.17) is 0 Å². The van der Waals surface area contributed by atoms with E-state index in [1.807, 2.05) is 6.08 Å². The van der Waals surface area contributed by atoms with E-state index in [2.05, 4.69) is 43.6 Å². The van der Waals surface area contributed by atoms with Gasteiger partial charge in [-0.2, -0.15) is 0 Å². The quantitative estimate of drug-likeness (QED) is 0.640. The van der Waals surface area contributed by atoms with Gasteiger partial charge in [0.15, 0.2) is 0 Å². The topological polar surface area (TPSA) is 78.3 Å². The third-order valence-electron chi connectivity index (χ3n) is 0.958. The summed E-state index contributed by atoms with van der Waals surface area (Å²) in [5, 5.41) is 0. The molecule has 0 aliphatic carbocycles. The molecule has 86 valence electrons. The number of carbonyl (C=O) groups is 1. The zero-order valence-corrected chi connectivity index (χ0v) is 9.96. The molecule has 0 saturated carbocycles. The summed E-state index contributed by atoms with van der Waals surface area (Å²) in [6, 6.07) is 0. The molecule has 0 aliphatic rings. The summed E-state index contributed by atoms with van der Waals surface area (Å²) < 4.78 is 3.89. The third kappa shape index (κ3) is 44.1. The van der Waals surface area contributed by atoms with Gasteiger partial charge < -0.3 is 16.2 Å². The Balaban J connectivity index is -0.000000152. The lowest BCUT2D eigenvalue weighted by Crippen LogP contribution is -2.08. The van der Waals surface area contributed by atoms with Gasteiger partial charge in [0, 0.05) is 0 Å². The van der Waals surface area contributed by atoms with Crippen LogP contribution >= 0.6 is 0 Å². The molecular weight excluding hydrogens is 180 g/mol. The van der Waals surface area contributed by atoms with Crippen molar-refractivity contribution in [1.29, 1.82) is 0 Å². The van der Waals surface area contributed by atoms with E-state index in [9.17, 15) is 4.79 Å². The summed E-state index contributed by atoms with van der Waals surface area (Å²) in [5.74, 6) is 0. The smallest absolute Gasteiger partial charge is 0.404 e. The highest BCUT2D eigenvalue weighted by atomic mass is 16.5. The molecular formula is C10H24N2O2. The second-order valence-corrected chi connectivity index (χ2v) is 3.58. The van der Waals surface area contributed by atoms with Crippen molar-refractivity contribution in [2.45, 2.75) is 27.2 Å². The van der Waals surface area contributed by atoms with Crippen molar-refractivity contribution in [2.75, 3.05) is 14.2 Å². The molecule has 0 aromatic heterocycles. The van der Waals surface area contributed by atoms with Crippen LogP contribution in [0.4, 0.5) is 4.79 Å². The van der Waals surface area contributed by atoms with Crippen molar-refractivity contribution in [3.05, 3.63) is 12.7 Å². The van der Waals surface area contributed by atoms with Gasteiger partial charge in [-0.3, -0.25) is 0 Å². The minimum Gasteiger partial charge on any atom is -0.453 e. The lowest BCUT2D eigenvalue weighted by molar-refractivity contribution is 0.182. The Bertz CT molecular complexity index is 140. The molecule has 0 aromatic rings. The van der Waals surface area contributed by atoms with Crippen molar-refractivity contribution < 1.29 is 9.53 Å². The first kappa shape index (κ1) is 18.7. The van der Waals surface area contributed by atoms with E-state index in [0.717, 1.165) is 6.42 Å². The van der Waals surface area contributed by atoms with Gasteiger partial charge in [0.2, 0.25) is 0 Å². The molecule has 4 nitrogen and oxygen atoms in total. The predicted molar refractivity (Wildman–Crippen MR) is 61.0 cm³/mol. The van der Waals surface area contributed by atoms with Gasteiger partial charge in [-0.15, -0.1) is 6.58 Å². The fraction of sp³-hybridized carbons (Fsp3) is 0.700. The molecule has 0 radical (unpaired) electrons. The fourth-order valence-electron chi connectivity index (χ4n) is 0.433. The molecule has 0 rings (SSSR count). The largest absolute Gasteiger partial charge is 0.453 e. The van der Waals surface area contributed by atoms with Crippen LogP contribution in [0.1, 0.15) is 27.2 Å². The average molecular weight is 204 g/mol. The summed E-state index contributed by atoms with van der Waals surface area (Å²) >= 11 is 0. The Labute approximate surface area is 87.3 Å². The van der Waals surface area contributed by atoms with E-state index < -0.39 is 6.09 Å². The van der Waals surface area contributed by atoms with Crippen LogP contribution in [0.15, 0.2) is 12.7 Å². The van der Waals surface area contributed by atoms with Crippen molar-refractivity contribution in [1.82, 2.24) is 0 Å². The average Bonchev–Trinajstić information content (AvgIpc) is 2.07. The van der Waals surface area contributed by atoms with Crippen molar-refractivity contribution in [2.24, 2.45) is 16.9 Å². The van der Waals surface area contributed by atoms with Crippen LogP contribution in [0, 0.1) is 5.41 Å². The van der Waals surface area contributed by atoms with Crippen LogP contribution in [-0.2, 0) is 4.74 Å². The van der Waals surface area contributed by atoms with Gasteiger partial charge in [-0.05, 0) is 18.9 Å². The molecule has 0 unspecified atom stereocenters. The number of hydrogen-bond acceptors (Lipinski definition) is 3. The first-order valence-corrected chi connectivity index (χ1v) is 4.35. The number of ether oxygens (including phenoxy) is 1. The Kier molecular flexibility index (Phi) is 16.0. The molecule has 1 amide bonds. The van der Waals surface area contributed by atoms with Crippen LogP contribution in [-0.4, -0.2) is 20.3 Å². The second-order valence-electron chi connectivity index (χ2n) is 3.58. The molecule has 4 N–H and O–H groups in total. The minimum absolute atomic E-state index is 0.432. The number of rotatable bonds is 1. The predicted octanol–water partition coefficient (Wildman–Crippen LogP) is 1.90. The monoisotopic (exact) mass is 204 g/mol. The van der Waals surface area contributed by atoms with Crippen LogP contribution in [0.5, 0.6) is 0 Å². The molecule has 0 fully saturated rings. The first-order valence-electron chi connectivity index (χ1n) is 4.35. The molecule has 0 spiro atoms. The van der Waals surface area contributed by atoms with Gasteiger partial charge >= 0.3 is 6.09 Å². The van der Waals surface area contributed by atoms with E-state index in [1.54, 1.807) is 0 Å². The van der Waals surface area contributed by atoms with Crippen molar-refractivity contribution >= 4 is 6.09 Å². The molecule has 0 saturated heterocycles. The highest BCUT2D eigenvalue weighted by molar-refractivity contribution is 5.64. The summed E-state index contributed by atoms with van der Waals surface area (Å²) in [7, 11) is 2.72. The van der Waals surface area contributed by atoms with Gasteiger partial charge in [0.25, 0.3) is 0 Å². The van der Waals surface area contributed by atoms with Crippen LogP contribution in [0.3, 0.4) is 0 Å². The SMILES string of the molecule is C=CCC(C)(C)C.CN.COC(N)=O. The zero-order valence-electron chi connectivity index (χ0n) is 9.96. The number of allylic oxidation sites excluding steroid dienone is 1. The standard InChI is InChI=1S/C7H14.C2H5NO2.CH5N/c1-5-6-7(2,3)4;1-5-2(3)4;1-2/h5H,1,6H2,2-4H3;1H3,(H2,3,4);2H2,1H3. The van der Waals surface area contributed by atoms with Gasteiger partial charge in [0.1, 0.15) is 0 Å². The molecule has 0 aromatic carbocycles. The van der Waals surface area contributed by atoms with E-state index in [-0.39, 0.29) is 0 Å². The van der Waals surface area contributed by atoms with Crippen LogP contribution in [0.25, 0.3) is 0 Å². The fourth-order valence-corrected chi connectivity index (χ4v) is 0.433. The number of hydrogen-bond donors (Lipinski definition) is 2. The maximum Gasteiger partial charge on any atom is 0.404 e. The summed E-state index contributed by atoms with van der Waals surface area (Å²) in [6.45, 7) is 10.3. The first-order chi connectivity index (χ1) is 6.33. The molecule has 0 heterocycles. The summed E-state index contributed by atoms with van der Waals surface area (Å²) in [5.41, 5.74) is 9.36. The zero-order chi connectivity index (χ0) is 12.2. The number of nitrogens with two attached hydrogens (primary N) is 2. The number of carbonyl (C=O) groups excluding carboxylic acids is 1. The molecule has 14 heavy (non-hydrogen) atoms. The number of methoxy groups -OCH3 is 1. The van der Waals surface area contributed by atoms with Crippen LogP contribution in [0.2, 0.25) is 0 Å². The maximum absolute atomic E-state index is 9.37. The van der Waals surface area contributed by atoms with E-state index in [0.29, 0.717) is 5.41 Å². The third-order valence-corrected chi connectivity index (χ3v) is 0.958. The Hall–Kier alpha value is -1.03. The maximum atomic E-state index is 9.37. The second kappa shape index (κ2) is 12.0. The van der Waals surface area contributed by atoms with Gasteiger partial charge in [-0.25, -0.2) is 4.79 Å². The molecule has 0 atom stereocenters. The summed E-state index contributed by atoms with van der Waals surface area (Å²) in [6.07, 6.45) is 2.32. The lowest BCUT2D eigenvalue weighted by Gasteiger charge is -2.13. The Morgan fingerprint density at radius 2 is 1.71 bits per heavy atom.